The van der Waals surface area contributed by atoms with E-state index in [0.29, 0.717) is 0 Å². The fraction of sp³-hybridized carbons (Fsp3) is 0.333. The molecule has 0 aromatic heterocycles. The molecular weight excluding hydrogens is 258 g/mol. The van der Waals surface area contributed by atoms with Gasteiger partial charge in [0.15, 0.2) is 0 Å². The van der Waals surface area contributed by atoms with Crippen molar-refractivity contribution in [3.8, 4) is 0 Å². The third-order valence-corrected chi connectivity index (χ3v) is 2.96. The van der Waals surface area contributed by atoms with Gasteiger partial charge in [-0.2, -0.15) is 0 Å². The zero-order chi connectivity index (χ0) is 15.3. The number of hydrogen-bond acceptors (Lipinski definition) is 3. The second-order valence-corrected chi connectivity index (χ2v) is 4.77. The third kappa shape index (κ3) is 4.51. The Labute approximate surface area is 117 Å². The van der Waals surface area contributed by atoms with E-state index in [4.69, 9.17) is 5.11 Å². The second-order valence-electron chi connectivity index (χ2n) is 4.77. The van der Waals surface area contributed by atoms with Gasteiger partial charge in [-0.3, -0.25) is 4.79 Å². The summed E-state index contributed by atoms with van der Waals surface area (Å²) in [5.74, 6) is -1.74. The van der Waals surface area contributed by atoms with E-state index < -0.39 is 24.0 Å². The number of aryl methyl sites for hydroxylation is 2. The maximum Gasteiger partial charge on any atom is 0.328 e. The predicted octanol–water partition coefficient (Wildman–Crippen LogP) is 1.48. The molecule has 5 heteroatoms. The van der Waals surface area contributed by atoms with Gasteiger partial charge >= 0.3 is 5.97 Å². The molecule has 0 bridgehead atoms. The van der Waals surface area contributed by atoms with Crippen molar-refractivity contribution in [2.45, 2.75) is 32.9 Å². The maximum atomic E-state index is 11.5. The summed E-state index contributed by atoms with van der Waals surface area (Å²) >= 11 is 0. The number of carbonyl (C=O) groups is 2. The predicted molar refractivity (Wildman–Crippen MR) is 75.3 cm³/mol. The minimum atomic E-state index is -1.19. The van der Waals surface area contributed by atoms with E-state index in [1.807, 2.05) is 32.0 Å². The summed E-state index contributed by atoms with van der Waals surface area (Å²) in [4.78, 5) is 21.8. The largest absolute Gasteiger partial charge is 0.478 e. The fourth-order valence-corrected chi connectivity index (χ4v) is 1.93. The number of aliphatic hydroxyl groups is 1. The van der Waals surface area contributed by atoms with Crippen LogP contribution in [0.2, 0.25) is 0 Å². The molecule has 0 saturated carbocycles. The molecule has 0 saturated heterocycles. The number of hydrogen-bond donors (Lipinski definition) is 3. The molecular formula is C15H19NO4. The minimum absolute atomic E-state index is 0.526. The van der Waals surface area contributed by atoms with Crippen LogP contribution >= 0.6 is 0 Å². The van der Waals surface area contributed by atoms with E-state index in [1.165, 1.54) is 0 Å². The van der Waals surface area contributed by atoms with Gasteiger partial charge in [0.05, 0.1) is 12.1 Å². The number of rotatable bonds is 5. The maximum absolute atomic E-state index is 11.5. The minimum Gasteiger partial charge on any atom is -0.478 e. The number of carbonyl (C=O) groups excluding carboxylic acids is 1. The van der Waals surface area contributed by atoms with Crippen molar-refractivity contribution in [3.05, 3.63) is 47.0 Å². The Bertz CT molecular complexity index is 537. The van der Waals surface area contributed by atoms with Gasteiger partial charge in [0.2, 0.25) is 5.91 Å². The lowest BCUT2D eigenvalue weighted by Gasteiger charge is -2.21. The van der Waals surface area contributed by atoms with E-state index in [-0.39, 0.29) is 0 Å². The SMILES string of the molecule is Cc1ccc(C(O)C(C)NC(=O)C=CC(=O)O)c(C)c1. The number of aliphatic hydroxyl groups excluding tert-OH is 1. The Kier molecular flexibility index (Phi) is 5.46. The average molecular weight is 277 g/mol. The molecule has 5 nitrogen and oxygen atoms in total. The zero-order valence-electron chi connectivity index (χ0n) is 11.8. The van der Waals surface area contributed by atoms with E-state index in [2.05, 4.69) is 5.32 Å². The Balaban J connectivity index is 2.74. The van der Waals surface area contributed by atoms with Crippen LogP contribution in [0.15, 0.2) is 30.4 Å². The number of amides is 1. The molecule has 108 valence electrons. The third-order valence-electron chi connectivity index (χ3n) is 2.96. The van der Waals surface area contributed by atoms with Gasteiger partial charge in [-0.05, 0) is 31.9 Å². The highest BCUT2D eigenvalue weighted by atomic mass is 16.4. The molecule has 0 aliphatic carbocycles. The van der Waals surface area contributed by atoms with Crippen LogP contribution in [0, 0.1) is 13.8 Å². The first kappa shape index (κ1) is 15.9. The quantitative estimate of drug-likeness (QED) is 0.711. The topological polar surface area (TPSA) is 86.6 Å². The molecule has 3 N–H and O–H groups in total. The molecule has 0 radical (unpaired) electrons. The number of nitrogens with one attached hydrogen (secondary N) is 1. The lowest BCUT2D eigenvalue weighted by molar-refractivity contribution is -0.131. The van der Waals surface area contributed by atoms with E-state index >= 15 is 0 Å². The highest BCUT2D eigenvalue weighted by Gasteiger charge is 2.19. The van der Waals surface area contributed by atoms with Crippen LogP contribution in [0.1, 0.15) is 29.7 Å². The summed E-state index contributed by atoms with van der Waals surface area (Å²) in [5, 5.41) is 21.2. The summed E-state index contributed by atoms with van der Waals surface area (Å²) < 4.78 is 0. The number of aliphatic carboxylic acids is 1. The van der Waals surface area contributed by atoms with Crippen molar-refractivity contribution in [2.24, 2.45) is 0 Å². The van der Waals surface area contributed by atoms with Gasteiger partial charge in [0.1, 0.15) is 0 Å². The zero-order valence-corrected chi connectivity index (χ0v) is 11.8. The molecule has 1 rings (SSSR count). The van der Waals surface area contributed by atoms with E-state index in [1.54, 1.807) is 6.92 Å². The Morgan fingerprint density at radius 1 is 1.25 bits per heavy atom. The first-order valence-corrected chi connectivity index (χ1v) is 6.28. The summed E-state index contributed by atoms with van der Waals surface area (Å²) in [6, 6.07) is 5.15. The van der Waals surface area contributed by atoms with Crippen molar-refractivity contribution < 1.29 is 19.8 Å². The fourth-order valence-electron chi connectivity index (χ4n) is 1.93. The van der Waals surface area contributed by atoms with Crippen LogP contribution in [0.4, 0.5) is 0 Å². The highest BCUT2D eigenvalue weighted by Crippen LogP contribution is 2.21. The Morgan fingerprint density at radius 3 is 2.45 bits per heavy atom. The highest BCUT2D eigenvalue weighted by molar-refractivity contribution is 5.94. The normalized spacial score (nSPS) is 14.0. The molecule has 20 heavy (non-hydrogen) atoms. The van der Waals surface area contributed by atoms with Gasteiger partial charge in [-0.15, -0.1) is 0 Å². The number of carboxylic acid groups (broad SMARTS) is 1. The van der Waals surface area contributed by atoms with Crippen LogP contribution in [0.5, 0.6) is 0 Å². The van der Waals surface area contributed by atoms with Gasteiger partial charge < -0.3 is 15.5 Å². The molecule has 0 fully saturated rings. The van der Waals surface area contributed by atoms with Gasteiger partial charge in [-0.1, -0.05) is 23.8 Å². The standard InChI is InChI=1S/C15H19NO4/c1-9-4-5-12(10(2)8-9)15(20)11(3)16-13(17)6-7-14(18)19/h4-8,11,15,20H,1-3H3,(H,16,17)(H,18,19). The first-order chi connectivity index (χ1) is 9.31. The van der Waals surface area contributed by atoms with Crippen molar-refractivity contribution in [1.29, 1.82) is 0 Å². The number of benzene rings is 1. The molecule has 0 heterocycles. The molecule has 2 atom stereocenters. The van der Waals surface area contributed by atoms with Crippen molar-refractivity contribution in [1.82, 2.24) is 5.32 Å². The molecule has 0 spiro atoms. The van der Waals surface area contributed by atoms with E-state index in [0.717, 1.165) is 28.8 Å². The van der Waals surface area contributed by atoms with Crippen LogP contribution in [-0.2, 0) is 9.59 Å². The lowest BCUT2D eigenvalue weighted by atomic mass is 9.97. The van der Waals surface area contributed by atoms with Gasteiger partial charge in [0, 0.05) is 12.2 Å². The Hall–Kier alpha value is -2.14. The molecule has 1 aromatic rings. The summed E-state index contributed by atoms with van der Waals surface area (Å²) in [6.07, 6.45) is 0.830. The summed E-state index contributed by atoms with van der Waals surface area (Å²) in [7, 11) is 0. The summed E-state index contributed by atoms with van der Waals surface area (Å²) in [5.41, 5.74) is 2.78. The van der Waals surface area contributed by atoms with Crippen LogP contribution in [-0.4, -0.2) is 28.1 Å². The van der Waals surface area contributed by atoms with Gasteiger partial charge in [0.25, 0.3) is 0 Å². The van der Waals surface area contributed by atoms with Crippen LogP contribution in [0.3, 0.4) is 0 Å². The van der Waals surface area contributed by atoms with Crippen LogP contribution < -0.4 is 5.32 Å². The molecule has 2 unspecified atom stereocenters. The van der Waals surface area contributed by atoms with Crippen molar-refractivity contribution in [3.63, 3.8) is 0 Å². The molecule has 1 amide bonds. The van der Waals surface area contributed by atoms with Crippen molar-refractivity contribution >= 4 is 11.9 Å². The van der Waals surface area contributed by atoms with E-state index in [9.17, 15) is 14.7 Å². The Morgan fingerprint density at radius 2 is 1.90 bits per heavy atom. The van der Waals surface area contributed by atoms with Gasteiger partial charge in [-0.25, -0.2) is 4.79 Å². The summed E-state index contributed by atoms with van der Waals surface area (Å²) in [6.45, 7) is 5.52. The van der Waals surface area contributed by atoms with Crippen molar-refractivity contribution in [2.75, 3.05) is 0 Å². The van der Waals surface area contributed by atoms with Crippen LogP contribution in [0.25, 0.3) is 0 Å². The smallest absolute Gasteiger partial charge is 0.328 e. The monoisotopic (exact) mass is 277 g/mol. The molecule has 1 aromatic carbocycles. The average Bonchev–Trinajstić information content (AvgIpc) is 2.35. The second kappa shape index (κ2) is 6.86. The molecule has 0 aliphatic heterocycles. The molecule has 0 aliphatic rings. The first-order valence-electron chi connectivity index (χ1n) is 6.28. The number of carboxylic acids is 1. The lowest BCUT2D eigenvalue weighted by Crippen LogP contribution is -2.36.